The molecule has 1 aliphatic heterocycles. The van der Waals surface area contributed by atoms with Gasteiger partial charge in [0.1, 0.15) is 5.52 Å². The molecule has 154 valence electrons. The molecule has 3 heterocycles. The van der Waals surface area contributed by atoms with Crippen molar-refractivity contribution in [2.45, 2.75) is 25.9 Å². The fourth-order valence-corrected chi connectivity index (χ4v) is 4.02. The third-order valence-corrected chi connectivity index (χ3v) is 5.77. The van der Waals surface area contributed by atoms with Gasteiger partial charge in [0.2, 0.25) is 5.88 Å². The lowest BCUT2D eigenvalue weighted by Crippen LogP contribution is -2.54. The van der Waals surface area contributed by atoms with Crippen molar-refractivity contribution in [3.05, 3.63) is 59.3 Å². The average Bonchev–Trinajstić information content (AvgIpc) is 3.22. The van der Waals surface area contributed by atoms with Crippen LogP contribution in [-0.2, 0) is 6.54 Å². The van der Waals surface area contributed by atoms with Crippen molar-refractivity contribution in [2.75, 3.05) is 26.7 Å². The Balaban J connectivity index is 1.48. The van der Waals surface area contributed by atoms with Crippen LogP contribution >= 0.6 is 0 Å². The van der Waals surface area contributed by atoms with Crippen molar-refractivity contribution in [1.29, 1.82) is 5.26 Å². The molecule has 4 rings (SSSR count). The smallest absolute Gasteiger partial charge is 0.257 e. The molecule has 1 fully saturated rings. The second-order valence-corrected chi connectivity index (χ2v) is 7.54. The van der Waals surface area contributed by atoms with Gasteiger partial charge >= 0.3 is 0 Å². The summed E-state index contributed by atoms with van der Waals surface area (Å²) in [6.45, 7) is 5.13. The summed E-state index contributed by atoms with van der Waals surface area (Å²) < 4.78 is 5.22. The number of nitriles is 1. The van der Waals surface area contributed by atoms with Gasteiger partial charge < -0.3 is 14.6 Å². The molecule has 3 aromatic rings. The molecule has 0 radical (unpaired) electrons. The molecule has 7 nitrogen and oxygen atoms in total. The Hall–Kier alpha value is -3.37. The first-order chi connectivity index (χ1) is 14.6. The highest BCUT2D eigenvalue weighted by molar-refractivity contribution is 6.05. The standard InChI is InChI=1S/C23H25N5O2/c1-3-18-15-28(11-10-27(18)14-17-6-4-16(12-24)5-7-17)23(29)19-13-25-20-8-9-21(30-2)26-22(19)20/h4-9,13,18,25H,3,10-11,14-15H2,1-2H3/t18-/m0/s1. The van der Waals surface area contributed by atoms with E-state index in [9.17, 15) is 4.79 Å². The van der Waals surface area contributed by atoms with Gasteiger partial charge in [0.25, 0.3) is 5.91 Å². The van der Waals surface area contributed by atoms with Gasteiger partial charge in [-0.25, -0.2) is 4.98 Å². The summed E-state index contributed by atoms with van der Waals surface area (Å²) in [5, 5.41) is 8.97. The minimum Gasteiger partial charge on any atom is -0.481 e. The minimum absolute atomic E-state index is 0.00141. The van der Waals surface area contributed by atoms with E-state index in [-0.39, 0.29) is 11.9 Å². The van der Waals surface area contributed by atoms with Gasteiger partial charge in [0, 0.05) is 44.5 Å². The third-order valence-electron chi connectivity index (χ3n) is 5.77. The predicted molar refractivity (Wildman–Crippen MR) is 114 cm³/mol. The molecule has 1 atom stereocenters. The lowest BCUT2D eigenvalue weighted by Gasteiger charge is -2.41. The SMILES string of the molecule is CC[C@H]1CN(C(=O)c2c[nH]c3ccc(OC)nc23)CCN1Cc1ccc(C#N)cc1. The first-order valence-electron chi connectivity index (χ1n) is 10.2. The van der Waals surface area contributed by atoms with E-state index in [1.54, 1.807) is 19.4 Å². The van der Waals surface area contributed by atoms with Crippen molar-refractivity contribution >= 4 is 16.9 Å². The Kier molecular flexibility index (Phi) is 5.68. The number of hydrogen-bond donors (Lipinski definition) is 1. The molecule has 1 aromatic carbocycles. The van der Waals surface area contributed by atoms with E-state index < -0.39 is 0 Å². The number of carbonyl (C=O) groups is 1. The number of rotatable bonds is 5. The number of piperazine rings is 1. The highest BCUT2D eigenvalue weighted by Crippen LogP contribution is 2.23. The van der Waals surface area contributed by atoms with Gasteiger partial charge in [0.05, 0.1) is 29.8 Å². The Morgan fingerprint density at radius 1 is 1.27 bits per heavy atom. The number of ether oxygens (including phenoxy) is 1. The van der Waals surface area contributed by atoms with Crippen LogP contribution in [0, 0.1) is 11.3 Å². The summed E-state index contributed by atoms with van der Waals surface area (Å²) in [4.78, 5) is 25.2. The summed E-state index contributed by atoms with van der Waals surface area (Å²) in [6.07, 6.45) is 2.70. The fourth-order valence-electron chi connectivity index (χ4n) is 4.02. The molecule has 1 amide bonds. The maximum absolute atomic E-state index is 13.2. The van der Waals surface area contributed by atoms with Crippen LogP contribution in [0.1, 0.15) is 34.8 Å². The van der Waals surface area contributed by atoms with Crippen molar-refractivity contribution in [3.63, 3.8) is 0 Å². The maximum Gasteiger partial charge on any atom is 0.257 e. The number of aromatic nitrogens is 2. The van der Waals surface area contributed by atoms with E-state index >= 15 is 0 Å². The fraction of sp³-hybridized carbons (Fsp3) is 0.348. The van der Waals surface area contributed by atoms with Gasteiger partial charge in [-0.2, -0.15) is 5.26 Å². The Labute approximate surface area is 175 Å². The van der Waals surface area contributed by atoms with Gasteiger partial charge in [0.15, 0.2) is 0 Å². The van der Waals surface area contributed by atoms with Crippen LogP contribution in [-0.4, -0.2) is 58.5 Å². The molecule has 30 heavy (non-hydrogen) atoms. The van der Waals surface area contributed by atoms with Crippen molar-refractivity contribution in [1.82, 2.24) is 19.8 Å². The molecule has 2 aromatic heterocycles. The monoisotopic (exact) mass is 403 g/mol. The van der Waals surface area contributed by atoms with Crippen LogP contribution < -0.4 is 4.74 Å². The zero-order valence-corrected chi connectivity index (χ0v) is 17.3. The number of methoxy groups -OCH3 is 1. The number of amides is 1. The molecule has 1 aliphatic rings. The first-order valence-corrected chi connectivity index (χ1v) is 10.2. The van der Waals surface area contributed by atoms with E-state index in [0.717, 1.165) is 25.0 Å². The molecule has 0 spiro atoms. The summed E-state index contributed by atoms with van der Waals surface area (Å²) in [5.74, 6) is 0.494. The van der Waals surface area contributed by atoms with E-state index in [0.29, 0.717) is 35.6 Å². The lowest BCUT2D eigenvalue weighted by atomic mass is 10.1. The first kappa shape index (κ1) is 19.9. The molecule has 0 saturated carbocycles. The quantitative estimate of drug-likeness (QED) is 0.707. The Morgan fingerprint density at radius 2 is 2.07 bits per heavy atom. The number of carbonyl (C=O) groups excluding carboxylic acids is 1. The number of fused-ring (bicyclic) bond motifs is 1. The molecule has 0 aliphatic carbocycles. The molecule has 1 N–H and O–H groups in total. The number of hydrogen-bond acceptors (Lipinski definition) is 5. The molecular formula is C23H25N5O2. The largest absolute Gasteiger partial charge is 0.481 e. The minimum atomic E-state index is -0.00141. The zero-order chi connectivity index (χ0) is 21.1. The normalized spacial score (nSPS) is 17.1. The van der Waals surface area contributed by atoms with E-state index in [1.807, 2.05) is 35.2 Å². The molecule has 0 unspecified atom stereocenters. The van der Waals surface area contributed by atoms with Gasteiger partial charge in [-0.05, 0) is 30.2 Å². The number of aromatic amines is 1. The number of pyridine rings is 1. The number of nitrogens with one attached hydrogen (secondary N) is 1. The maximum atomic E-state index is 13.2. The van der Waals surface area contributed by atoms with Crippen LogP contribution in [0.2, 0.25) is 0 Å². The molecular weight excluding hydrogens is 378 g/mol. The van der Waals surface area contributed by atoms with Crippen LogP contribution in [0.5, 0.6) is 5.88 Å². The average molecular weight is 403 g/mol. The summed E-state index contributed by atoms with van der Waals surface area (Å²) in [7, 11) is 1.57. The Morgan fingerprint density at radius 3 is 2.77 bits per heavy atom. The van der Waals surface area contributed by atoms with Crippen LogP contribution in [0.25, 0.3) is 11.0 Å². The van der Waals surface area contributed by atoms with Gasteiger partial charge in [-0.15, -0.1) is 0 Å². The summed E-state index contributed by atoms with van der Waals surface area (Å²) in [5.41, 5.74) is 3.91. The highest BCUT2D eigenvalue weighted by Gasteiger charge is 2.30. The number of benzene rings is 1. The number of nitrogens with zero attached hydrogens (tertiary/aromatic N) is 4. The highest BCUT2D eigenvalue weighted by atomic mass is 16.5. The topological polar surface area (TPSA) is 85.2 Å². The van der Waals surface area contributed by atoms with Crippen LogP contribution in [0.4, 0.5) is 0 Å². The second-order valence-electron chi connectivity index (χ2n) is 7.54. The van der Waals surface area contributed by atoms with Crippen molar-refractivity contribution < 1.29 is 9.53 Å². The molecule has 0 bridgehead atoms. The number of H-pyrrole nitrogens is 1. The van der Waals surface area contributed by atoms with Crippen LogP contribution in [0.15, 0.2) is 42.6 Å². The van der Waals surface area contributed by atoms with Crippen molar-refractivity contribution in [3.8, 4) is 11.9 Å². The molecule has 7 heteroatoms. The Bertz CT molecular complexity index is 1080. The van der Waals surface area contributed by atoms with Gasteiger partial charge in [-0.3, -0.25) is 9.69 Å². The van der Waals surface area contributed by atoms with Crippen molar-refractivity contribution in [2.24, 2.45) is 0 Å². The van der Waals surface area contributed by atoms with E-state index in [4.69, 9.17) is 10.00 Å². The lowest BCUT2D eigenvalue weighted by molar-refractivity contribution is 0.0452. The predicted octanol–water partition coefficient (Wildman–Crippen LogP) is 3.18. The van der Waals surface area contributed by atoms with Gasteiger partial charge in [-0.1, -0.05) is 19.1 Å². The van der Waals surface area contributed by atoms with Crippen LogP contribution in [0.3, 0.4) is 0 Å². The second kappa shape index (κ2) is 8.56. The van der Waals surface area contributed by atoms with E-state index in [2.05, 4.69) is 27.9 Å². The molecule has 1 saturated heterocycles. The van der Waals surface area contributed by atoms with E-state index in [1.165, 1.54) is 5.56 Å². The summed E-state index contributed by atoms with van der Waals surface area (Å²) >= 11 is 0. The zero-order valence-electron chi connectivity index (χ0n) is 17.3. The third kappa shape index (κ3) is 3.87. The summed E-state index contributed by atoms with van der Waals surface area (Å²) in [6, 6.07) is 13.8.